The van der Waals surface area contributed by atoms with Crippen molar-refractivity contribution in [3.05, 3.63) is 34.9 Å². The Morgan fingerprint density at radius 1 is 1.03 bits per heavy atom. The molecule has 0 spiro atoms. The molecule has 0 aromatic heterocycles. The maximum atomic E-state index is 12.8. The Morgan fingerprint density at radius 2 is 1.66 bits per heavy atom. The first-order valence-electron chi connectivity index (χ1n) is 10.9. The van der Waals surface area contributed by atoms with Gasteiger partial charge in [-0.1, -0.05) is 23.7 Å². The summed E-state index contributed by atoms with van der Waals surface area (Å²) in [4.78, 5) is 30.6. The van der Waals surface area contributed by atoms with Crippen molar-refractivity contribution in [1.82, 2.24) is 14.7 Å². The largest absolute Gasteiger partial charge is 0.345 e. The quantitative estimate of drug-likeness (QED) is 0.710. The summed E-state index contributed by atoms with van der Waals surface area (Å²) >= 11 is 5.95. The molecule has 2 heterocycles. The molecule has 2 saturated heterocycles. The van der Waals surface area contributed by atoms with Crippen LogP contribution in [0.2, 0.25) is 5.02 Å². The summed E-state index contributed by atoms with van der Waals surface area (Å²) in [5.74, 6) is 1.05. The number of likely N-dealkylation sites (tertiary alicyclic amines) is 2. The van der Waals surface area contributed by atoms with Crippen molar-refractivity contribution in [3.8, 4) is 0 Å². The third-order valence-corrected chi connectivity index (χ3v) is 6.79. The second-order valence-electron chi connectivity index (χ2n) is 8.66. The summed E-state index contributed by atoms with van der Waals surface area (Å²) in [5.41, 5.74) is 1.33. The number of nitrogens with zero attached hydrogens (tertiary/aromatic N) is 3. The van der Waals surface area contributed by atoms with Gasteiger partial charge in [0.15, 0.2) is 0 Å². The topological polar surface area (TPSA) is 43.9 Å². The minimum atomic E-state index is 0.0788. The van der Waals surface area contributed by atoms with Crippen LogP contribution < -0.4 is 0 Å². The molecule has 1 aromatic carbocycles. The van der Waals surface area contributed by atoms with Crippen molar-refractivity contribution in [2.24, 2.45) is 11.8 Å². The lowest BCUT2D eigenvalue weighted by Gasteiger charge is -2.36. The fourth-order valence-corrected chi connectivity index (χ4v) is 4.69. The third-order valence-electron chi connectivity index (χ3n) is 6.53. The SMILES string of the molecule is CC(=O)N1CCC(C(=O)N(C)CC2CCN(CCc3ccc(Cl)cc3)CC2)CC1. The molecular weight excluding hydrogens is 386 g/mol. The molecule has 0 saturated carbocycles. The predicted molar refractivity (Wildman–Crippen MR) is 117 cm³/mol. The van der Waals surface area contributed by atoms with E-state index >= 15 is 0 Å². The van der Waals surface area contributed by atoms with Gasteiger partial charge in [-0.3, -0.25) is 9.59 Å². The van der Waals surface area contributed by atoms with E-state index in [1.165, 1.54) is 5.56 Å². The fourth-order valence-electron chi connectivity index (χ4n) is 4.56. The van der Waals surface area contributed by atoms with Gasteiger partial charge in [-0.2, -0.15) is 0 Å². The van der Waals surface area contributed by atoms with Gasteiger partial charge in [-0.15, -0.1) is 0 Å². The summed E-state index contributed by atoms with van der Waals surface area (Å²) < 4.78 is 0. The standard InChI is InChI=1S/C23H34ClN3O2/c1-18(28)27-15-10-21(11-16-27)23(29)25(2)17-20-8-13-26(14-9-20)12-7-19-3-5-22(24)6-4-19/h3-6,20-21H,7-17H2,1-2H3. The second kappa shape index (κ2) is 10.4. The average Bonchev–Trinajstić information content (AvgIpc) is 2.74. The summed E-state index contributed by atoms with van der Waals surface area (Å²) in [6.07, 6.45) is 4.96. The highest BCUT2D eigenvalue weighted by atomic mass is 35.5. The van der Waals surface area contributed by atoms with Gasteiger partial charge < -0.3 is 14.7 Å². The van der Waals surface area contributed by atoms with E-state index in [1.807, 2.05) is 29.0 Å². The normalized spacial score (nSPS) is 19.3. The molecule has 2 amide bonds. The van der Waals surface area contributed by atoms with Gasteiger partial charge in [0.25, 0.3) is 0 Å². The molecule has 29 heavy (non-hydrogen) atoms. The number of benzene rings is 1. The summed E-state index contributed by atoms with van der Waals surface area (Å²) in [6, 6.07) is 8.13. The van der Waals surface area contributed by atoms with E-state index in [9.17, 15) is 9.59 Å². The van der Waals surface area contributed by atoms with Gasteiger partial charge in [0.2, 0.25) is 11.8 Å². The second-order valence-corrected chi connectivity index (χ2v) is 9.10. The first kappa shape index (κ1) is 22.1. The highest BCUT2D eigenvalue weighted by Crippen LogP contribution is 2.23. The third kappa shape index (κ3) is 6.45. The van der Waals surface area contributed by atoms with Crippen LogP contribution in [0.5, 0.6) is 0 Å². The molecule has 0 bridgehead atoms. The molecule has 5 nitrogen and oxygen atoms in total. The Hall–Kier alpha value is -1.59. The molecule has 0 atom stereocenters. The number of amides is 2. The number of rotatable bonds is 6. The molecule has 2 aliphatic heterocycles. The van der Waals surface area contributed by atoms with E-state index in [2.05, 4.69) is 17.0 Å². The number of piperidine rings is 2. The zero-order chi connectivity index (χ0) is 20.8. The number of hydrogen-bond acceptors (Lipinski definition) is 3. The minimum absolute atomic E-state index is 0.0788. The molecular formula is C23H34ClN3O2. The average molecular weight is 420 g/mol. The number of carbonyl (C=O) groups excluding carboxylic acids is 2. The Bertz CT molecular complexity index is 678. The predicted octanol–water partition coefficient (Wildman–Crippen LogP) is 3.31. The number of halogens is 1. The molecule has 2 aliphatic rings. The Kier molecular flexibility index (Phi) is 7.96. The molecule has 0 N–H and O–H groups in total. The van der Waals surface area contributed by atoms with E-state index < -0.39 is 0 Å². The Balaban J connectivity index is 1.36. The lowest BCUT2D eigenvalue weighted by atomic mass is 9.93. The summed E-state index contributed by atoms with van der Waals surface area (Å²) in [6.45, 7) is 7.19. The molecule has 2 fully saturated rings. The zero-order valence-electron chi connectivity index (χ0n) is 17.8. The van der Waals surface area contributed by atoms with Crippen LogP contribution in [0.1, 0.15) is 38.2 Å². The lowest BCUT2D eigenvalue weighted by Crippen LogP contribution is -2.45. The molecule has 0 unspecified atom stereocenters. The van der Waals surface area contributed by atoms with Crippen LogP contribution in [0.25, 0.3) is 0 Å². The summed E-state index contributed by atoms with van der Waals surface area (Å²) in [5, 5.41) is 0.789. The monoisotopic (exact) mass is 419 g/mol. The van der Waals surface area contributed by atoms with Gasteiger partial charge >= 0.3 is 0 Å². The van der Waals surface area contributed by atoms with Crippen molar-refractivity contribution in [3.63, 3.8) is 0 Å². The lowest BCUT2D eigenvalue weighted by molar-refractivity contribution is -0.139. The first-order chi connectivity index (χ1) is 13.9. The number of hydrogen-bond donors (Lipinski definition) is 0. The van der Waals surface area contributed by atoms with Crippen molar-refractivity contribution >= 4 is 23.4 Å². The van der Waals surface area contributed by atoms with Crippen LogP contribution in [0.4, 0.5) is 0 Å². The Labute approximate surface area is 180 Å². The van der Waals surface area contributed by atoms with E-state index in [-0.39, 0.29) is 17.7 Å². The molecule has 160 valence electrons. The Morgan fingerprint density at radius 3 is 2.24 bits per heavy atom. The molecule has 0 radical (unpaired) electrons. The van der Waals surface area contributed by atoms with Gasteiger partial charge in [0.1, 0.15) is 0 Å². The zero-order valence-corrected chi connectivity index (χ0v) is 18.5. The van der Waals surface area contributed by atoms with E-state index in [0.29, 0.717) is 19.0 Å². The van der Waals surface area contributed by atoms with Crippen LogP contribution in [0.3, 0.4) is 0 Å². The van der Waals surface area contributed by atoms with Crippen LogP contribution in [0, 0.1) is 11.8 Å². The fraction of sp³-hybridized carbons (Fsp3) is 0.652. The molecule has 6 heteroatoms. The van der Waals surface area contributed by atoms with Gasteiger partial charge in [-0.05, 0) is 68.8 Å². The van der Waals surface area contributed by atoms with Gasteiger partial charge in [-0.25, -0.2) is 0 Å². The molecule has 0 aliphatic carbocycles. The maximum Gasteiger partial charge on any atom is 0.225 e. The van der Waals surface area contributed by atoms with Crippen LogP contribution in [-0.4, -0.2) is 72.8 Å². The van der Waals surface area contributed by atoms with Crippen molar-refractivity contribution in [2.75, 3.05) is 46.3 Å². The van der Waals surface area contributed by atoms with Gasteiger partial charge in [0.05, 0.1) is 0 Å². The van der Waals surface area contributed by atoms with E-state index in [1.54, 1.807) is 6.92 Å². The van der Waals surface area contributed by atoms with E-state index in [0.717, 1.165) is 63.3 Å². The van der Waals surface area contributed by atoms with Crippen molar-refractivity contribution in [1.29, 1.82) is 0 Å². The maximum absolute atomic E-state index is 12.8. The van der Waals surface area contributed by atoms with Crippen molar-refractivity contribution < 1.29 is 9.59 Å². The highest BCUT2D eigenvalue weighted by Gasteiger charge is 2.29. The van der Waals surface area contributed by atoms with Crippen LogP contribution in [0.15, 0.2) is 24.3 Å². The van der Waals surface area contributed by atoms with Gasteiger partial charge in [0, 0.05) is 51.1 Å². The minimum Gasteiger partial charge on any atom is -0.345 e. The van der Waals surface area contributed by atoms with Crippen LogP contribution >= 0.6 is 11.6 Å². The smallest absolute Gasteiger partial charge is 0.225 e. The van der Waals surface area contributed by atoms with Crippen LogP contribution in [-0.2, 0) is 16.0 Å². The van der Waals surface area contributed by atoms with E-state index in [4.69, 9.17) is 11.6 Å². The summed E-state index contributed by atoms with van der Waals surface area (Å²) in [7, 11) is 1.95. The first-order valence-corrected chi connectivity index (χ1v) is 11.3. The number of carbonyl (C=O) groups is 2. The van der Waals surface area contributed by atoms with Crippen molar-refractivity contribution in [2.45, 2.75) is 39.0 Å². The molecule has 3 rings (SSSR count). The molecule has 1 aromatic rings. The highest BCUT2D eigenvalue weighted by molar-refractivity contribution is 6.30.